The van der Waals surface area contributed by atoms with Gasteiger partial charge in [0, 0.05) is 35.8 Å². The summed E-state index contributed by atoms with van der Waals surface area (Å²) in [4.78, 5) is 18.1. The van der Waals surface area contributed by atoms with E-state index in [1.54, 1.807) is 0 Å². The summed E-state index contributed by atoms with van der Waals surface area (Å²) in [6.45, 7) is 3.82. The molecule has 2 aromatic heterocycles. The zero-order valence-corrected chi connectivity index (χ0v) is 18.4. The lowest BCUT2D eigenvalue weighted by molar-refractivity contribution is -0.129. The summed E-state index contributed by atoms with van der Waals surface area (Å²) in [6.07, 6.45) is 5.39. The van der Waals surface area contributed by atoms with Gasteiger partial charge in [-0.15, -0.1) is 10.2 Å². The number of hydrogen-bond donors (Lipinski definition) is 1. The Balaban J connectivity index is 1.53. The second-order valence-corrected chi connectivity index (χ2v) is 8.85. The predicted molar refractivity (Wildman–Crippen MR) is 125 cm³/mol. The van der Waals surface area contributed by atoms with Gasteiger partial charge in [-0.05, 0) is 43.9 Å². The largest absolute Gasteiger partial charge is 0.360 e. The van der Waals surface area contributed by atoms with E-state index in [0.717, 1.165) is 64.6 Å². The van der Waals surface area contributed by atoms with Crippen molar-refractivity contribution in [2.75, 3.05) is 18.8 Å². The number of carbonyl (C=O) groups excluding carboxylic acids is 1. The normalized spacial score (nSPS) is 14.3. The third-order valence-electron chi connectivity index (χ3n) is 5.85. The average molecular weight is 432 g/mol. The Kier molecular flexibility index (Phi) is 5.51. The maximum atomic E-state index is 12.7. The molecule has 1 aliphatic heterocycles. The Morgan fingerprint density at radius 2 is 1.81 bits per heavy atom. The Morgan fingerprint density at radius 1 is 1.03 bits per heavy atom. The number of rotatable bonds is 5. The molecule has 7 heteroatoms. The molecule has 1 amide bonds. The molecule has 6 nitrogen and oxygen atoms in total. The number of aryl methyl sites for hydroxylation is 1. The van der Waals surface area contributed by atoms with Crippen LogP contribution in [0.25, 0.3) is 28.0 Å². The van der Waals surface area contributed by atoms with Crippen LogP contribution in [0.1, 0.15) is 24.8 Å². The van der Waals surface area contributed by atoms with Gasteiger partial charge in [-0.25, -0.2) is 0 Å². The van der Waals surface area contributed by atoms with Crippen LogP contribution in [-0.2, 0) is 4.79 Å². The Hall–Kier alpha value is -3.06. The fraction of sp³-hybridized carbons (Fsp3) is 0.292. The highest BCUT2D eigenvalue weighted by Gasteiger charge is 2.22. The Labute approximate surface area is 185 Å². The molecule has 1 aliphatic rings. The van der Waals surface area contributed by atoms with Crippen molar-refractivity contribution in [2.24, 2.45) is 0 Å². The molecule has 158 valence electrons. The zero-order chi connectivity index (χ0) is 21.2. The first-order valence-electron chi connectivity index (χ1n) is 10.7. The second-order valence-electron chi connectivity index (χ2n) is 7.91. The van der Waals surface area contributed by atoms with Crippen molar-refractivity contribution in [3.05, 3.63) is 60.3 Å². The fourth-order valence-corrected chi connectivity index (χ4v) is 5.03. The van der Waals surface area contributed by atoms with Crippen molar-refractivity contribution in [1.29, 1.82) is 0 Å². The van der Waals surface area contributed by atoms with Crippen LogP contribution in [0.2, 0.25) is 0 Å². The van der Waals surface area contributed by atoms with Gasteiger partial charge in [0.15, 0.2) is 11.0 Å². The fourth-order valence-electron chi connectivity index (χ4n) is 4.19. The summed E-state index contributed by atoms with van der Waals surface area (Å²) in [5, 5.41) is 10.9. The van der Waals surface area contributed by atoms with E-state index in [2.05, 4.69) is 50.9 Å². The minimum absolute atomic E-state index is 0.178. The number of hydrogen-bond acceptors (Lipinski definition) is 4. The van der Waals surface area contributed by atoms with Crippen molar-refractivity contribution in [2.45, 2.75) is 31.3 Å². The van der Waals surface area contributed by atoms with E-state index in [1.165, 1.54) is 18.2 Å². The number of piperidine rings is 1. The number of nitrogens with one attached hydrogen (secondary N) is 1. The van der Waals surface area contributed by atoms with E-state index >= 15 is 0 Å². The lowest BCUT2D eigenvalue weighted by Crippen LogP contribution is -2.36. The van der Waals surface area contributed by atoms with Gasteiger partial charge in [0.05, 0.1) is 11.4 Å². The lowest BCUT2D eigenvalue weighted by atomic mass is 10.1. The van der Waals surface area contributed by atoms with E-state index in [9.17, 15) is 4.79 Å². The first kappa shape index (κ1) is 19.9. The predicted octanol–water partition coefficient (Wildman–Crippen LogP) is 4.83. The minimum Gasteiger partial charge on any atom is -0.360 e. The maximum Gasteiger partial charge on any atom is 0.233 e. The molecule has 1 N–H and O–H groups in total. The van der Waals surface area contributed by atoms with E-state index in [4.69, 9.17) is 0 Å². The van der Waals surface area contributed by atoms with Crippen molar-refractivity contribution in [3.8, 4) is 17.1 Å². The van der Waals surface area contributed by atoms with Gasteiger partial charge in [0.2, 0.25) is 5.91 Å². The van der Waals surface area contributed by atoms with Crippen LogP contribution in [0.5, 0.6) is 0 Å². The van der Waals surface area contributed by atoms with Crippen LogP contribution in [0, 0.1) is 6.92 Å². The quantitative estimate of drug-likeness (QED) is 0.460. The van der Waals surface area contributed by atoms with E-state index < -0.39 is 0 Å². The SMILES string of the molecule is Cc1ccccc1-n1c(SCC(=O)N2CCCCC2)nnc1-c1c[nH]c2ccccc12. The van der Waals surface area contributed by atoms with Crippen LogP contribution in [0.4, 0.5) is 0 Å². The first-order valence-corrected chi connectivity index (χ1v) is 11.7. The van der Waals surface area contributed by atoms with E-state index in [1.807, 2.05) is 35.4 Å². The summed E-state index contributed by atoms with van der Waals surface area (Å²) in [5.41, 5.74) is 4.22. The smallest absolute Gasteiger partial charge is 0.233 e. The number of carbonyl (C=O) groups is 1. The van der Waals surface area contributed by atoms with Gasteiger partial charge in [0.25, 0.3) is 0 Å². The third kappa shape index (κ3) is 3.85. The van der Waals surface area contributed by atoms with Crippen molar-refractivity contribution in [1.82, 2.24) is 24.6 Å². The molecule has 0 radical (unpaired) electrons. The highest BCUT2D eigenvalue weighted by Crippen LogP contribution is 2.33. The molecule has 31 heavy (non-hydrogen) atoms. The van der Waals surface area contributed by atoms with Gasteiger partial charge in [-0.2, -0.15) is 0 Å². The molecule has 4 aromatic rings. The van der Waals surface area contributed by atoms with Gasteiger partial charge in [-0.1, -0.05) is 48.2 Å². The minimum atomic E-state index is 0.178. The molecule has 2 aromatic carbocycles. The number of thioether (sulfide) groups is 1. The molecule has 0 spiro atoms. The highest BCUT2D eigenvalue weighted by molar-refractivity contribution is 7.99. The van der Waals surface area contributed by atoms with Crippen LogP contribution in [0.15, 0.2) is 59.9 Å². The Bertz CT molecular complexity index is 1220. The van der Waals surface area contributed by atoms with Crippen molar-refractivity contribution < 1.29 is 4.79 Å². The van der Waals surface area contributed by atoms with Gasteiger partial charge in [0.1, 0.15) is 0 Å². The molecule has 3 heterocycles. The van der Waals surface area contributed by atoms with Crippen LogP contribution >= 0.6 is 11.8 Å². The monoisotopic (exact) mass is 431 g/mol. The summed E-state index contributed by atoms with van der Waals surface area (Å²) < 4.78 is 2.08. The average Bonchev–Trinajstić information content (AvgIpc) is 3.42. The first-order chi connectivity index (χ1) is 15.2. The van der Waals surface area contributed by atoms with Crippen molar-refractivity contribution >= 4 is 28.6 Å². The standard InChI is InChI=1S/C24H25N5OS/c1-17-9-3-6-12-21(17)29-23(19-15-25-20-11-5-4-10-18(19)20)26-27-24(29)31-16-22(30)28-13-7-2-8-14-28/h3-6,9-12,15,25H,2,7-8,13-14,16H2,1H3. The lowest BCUT2D eigenvalue weighted by Gasteiger charge is -2.26. The molecule has 0 unspecified atom stereocenters. The number of amides is 1. The number of likely N-dealkylation sites (tertiary alicyclic amines) is 1. The number of para-hydroxylation sites is 2. The number of aromatic nitrogens is 4. The molecule has 5 rings (SSSR count). The van der Waals surface area contributed by atoms with Crippen LogP contribution in [0.3, 0.4) is 0 Å². The number of nitrogens with zero attached hydrogens (tertiary/aromatic N) is 4. The van der Waals surface area contributed by atoms with Gasteiger partial charge >= 0.3 is 0 Å². The molecule has 1 fully saturated rings. The third-order valence-corrected chi connectivity index (χ3v) is 6.77. The van der Waals surface area contributed by atoms with Crippen LogP contribution < -0.4 is 0 Å². The number of fused-ring (bicyclic) bond motifs is 1. The van der Waals surface area contributed by atoms with Gasteiger partial charge in [-0.3, -0.25) is 9.36 Å². The summed E-state index contributed by atoms with van der Waals surface area (Å²) in [5.74, 6) is 1.33. The molecule has 0 atom stereocenters. The van der Waals surface area contributed by atoms with Crippen LogP contribution in [-0.4, -0.2) is 49.4 Å². The topological polar surface area (TPSA) is 66.8 Å². The van der Waals surface area contributed by atoms with Crippen molar-refractivity contribution in [3.63, 3.8) is 0 Å². The second kappa shape index (κ2) is 8.59. The highest BCUT2D eigenvalue weighted by atomic mass is 32.2. The molecule has 1 saturated heterocycles. The van der Waals surface area contributed by atoms with E-state index in [0.29, 0.717) is 5.75 Å². The Morgan fingerprint density at radius 3 is 2.65 bits per heavy atom. The van der Waals surface area contributed by atoms with Gasteiger partial charge < -0.3 is 9.88 Å². The molecule has 0 bridgehead atoms. The maximum absolute atomic E-state index is 12.7. The molecule has 0 saturated carbocycles. The summed E-state index contributed by atoms with van der Waals surface area (Å²) >= 11 is 1.46. The zero-order valence-electron chi connectivity index (χ0n) is 17.5. The summed E-state index contributed by atoms with van der Waals surface area (Å²) in [7, 11) is 0. The molecular weight excluding hydrogens is 406 g/mol. The molecule has 0 aliphatic carbocycles. The van der Waals surface area contributed by atoms with E-state index in [-0.39, 0.29) is 5.91 Å². The number of benzene rings is 2. The number of aromatic amines is 1. The number of H-pyrrole nitrogens is 1. The molecular formula is C24H25N5OS. The summed E-state index contributed by atoms with van der Waals surface area (Å²) in [6, 6.07) is 16.4.